The smallest absolute Gasteiger partial charge is 0.279 e. The SMILES string of the molecule is Cc1ccnc2c1C(F)(F)CC1CCCN21. The Kier molecular flexibility index (Phi) is 1.97. The van der Waals surface area contributed by atoms with E-state index in [9.17, 15) is 8.78 Å². The molecule has 0 saturated carbocycles. The second kappa shape index (κ2) is 3.15. The van der Waals surface area contributed by atoms with Crippen LogP contribution in [0.5, 0.6) is 0 Å². The summed E-state index contributed by atoms with van der Waals surface area (Å²) in [5.74, 6) is -2.20. The second-order valence-electron chi connectivity index (χ2n) is 4.72. The van der Waals surface area contributed by atoms with Crippen molar-refractivity contribution in [2.45, 2.75) is 38.2 Å². The minimum atomic E-state index is -2.71. The van der Waals surface area contributed by atoms with Gasteiger partial charge in [0.05, 0.1) is 5.56 Å². The van der Waals surface area contributed by atoms with Crippen LogP contribution in [-0.2, 0) is 5.92 Å². The summed E-state index contributed by atoms with van der Waals surface area (Å²) >= 11 is 0. The molecule has 3 rings (SSSR count). The van der Waals surface area contributed by atoms with Crippen molar-refractivity contribution in [3.8, 4) is 0 Å². The molecular formula is C12H14F2N2. The van der Waals surface area contributed by atoms with E-state index in [4.69, 9.17) is 0 Å². The maximum absolute atomic E-state index is 14.0. The van der Waals surface area contributed by atoms with Crippen LogP contribution in [0.25, 0.3) is 0 Å². The molecule has 0 N–H and O–H groups in total. The van der Waals surface area contributed by atoms with Crippen LogP contribution in [0, 0.1) is 6.92 Å². The number of hydrogen-bond acceptors (Lipinski definition) is 2. The average Bonchev–Trinajstić information content (AvgIpc) is 2.64. The highest BCUT2D eigenvalue weighted by atomic mass is 19.3. The minimum Gasteiger partial charge on any atom is -0.353 e. The fourth-order valence-corrected chi connectivity index (χ4v) is 2.94. The Hall–Kier alpha value is -1.19. The van der Waals surface area contributed by atoms with Gasteiger partial charge in [-0.2, -0.15) is 0 Å². The molecule has 16 heavy (non-hydrogen) atoms. The highest BCUT2D eigenvalue weighted by molar-refractivity contribution is 5.56. The highest BCUT2D eigenvalue weighted by Gasteiger charge is 2.47. The predicted octanol–water partition coefficient (Wildman–Crippen LogP) is 2.85. The minimum absolute atomic E-state index is 0.0169. The zero-order valence-electron chi connectivity index (χ0n) is 9.21. The first kappa shape index (κ1) is 10.00. The van der Waals surface area contributed by atoms with E-state index in [2.05, 4.69) is 9.88 Å². The molecule has 1 atom stereocenters. The van der Waals surface area contributed by atoms with Crippen LogP contribution < -0.4 is 4.90 Å². The van der Waals surface area contributed by atoms with Gasteiger partial charge in [-0.15, -0.1) is 0 Å². The number of halogens is 2. The van der Waals surface area contributed by atoms with Gasteiger partial charge in [0.2, 0.25) is 0 Å². The molecule has 2 aliphatic heterocycles. The maximum atomic E-state index is 14.0. The van der Waals surface area contributed by atoms with E-state index in [1.165, 1.54) is 0 Å². The quantitative estimate of drug-likeness (QED) is 0.673. The predicted molar refractivity (Wildman–Crippen MR) is 57.9 cm³/mol. The third-order valence-corrected chi connectivity index (χ3v) is 3.65. The number of anilines is 1. The number of pyridine rings is 1. The van der Waals surface area contributed by atoms with Gasteiger partial charge in [-0.25, -0.2) is 13.8 Å². The van der Waals surface area contributed by atoms with Gasteiger partial charge in [-0.3, -0.25) is 0 Å². The van der Waals surface area contributed by atoms with E-state index in [1.807, 2.05) is 0 Å². The molecule has 1 aromatic heterocycles. The van der Waals surface area contributed by atoms with Gasteiger partial charge in [-0.1, -0.05) is 0 Å². The molecule has 1 aromatic rings. The van der Waals surface area contributed by atoms with E-state index in [0.29, 0.717) is 11.4 Å². The van der Waals surface area contributed by atoms with Crippen molar-refractivity contribution in [1.82, 2.24) is 4.98 Å². The fraction of sp³-hybridized carbons (Fsp3) is 0.583. The monoisotopic (exact) mass is 224 g/mol. The summed E-state index contributed by atoms with van der Waals surface area (Å²) in [6.07, 6.45) is 3.44. The van der Waals surface area contributed by atoms with Gasteiger partial charge in [0.1, 0.15) is 5.82 Å². The molecule has 1 unspecified atom stereocenters. The lowest BCUT2D eigenvalue weighted by Crippen LogP contribution is -2.41. The summed E-state index contributed by atoms with van der Waals surface area (Å²) in [4.78, 5) is 6.22. The van der Waals surface area contributed by atoms with E-state index in [1.54, 1.807) is 19.2 Å². The third-order valence-electron chi connectivity index (χ3n) is 3.65. The summed E-state index contributed by atoms with van der Waals surface area (Å²) in [5, 5.41) is 0. The van der Waals surface area contributed by atoms with E-state index in [0.717, 1.165) is 19.4 Å². The highest BCUT2D eigenvalue weighted by Crippen LogP contribution is 2.47. The largest absolute Gasteiger partial charge is 0.353 e. The molecule has 0 amide bonds. The number of nitrogens with zero attached hydrogens (tertiary/aromatic N) is 2. The van der Waals surface area contributed by atoms with Crippen LogP contribution in [0.15, 0.2) is 12.3 Å². The maximum Gasteiger partial charge on any atom is 0.279 e. The van der Waals surface area contributed by atoms with Crippen LogP contribution in [0.4, 0.5) is 14.6 Å². The number of aryl methyl sites for hydroxylation is 1. The molecule has 2 nitrogen and oxygen atoms in total. The molecule has 0 bridgehead atoms. The van der Waals surface area contributed by atoms with Crippen molar-refractivity contribution in [2.24, 2.45) is 0 Å². The van der Waals surface area contributed by atoms with E-state index in [-0.39, 0.29) is 18.0 Å². The molecule has 86 valence electrons. The Morgan fingerprint density at radius 2 is 2.31 bits per heavy atom. The molecule has 0 aromatic carbocycles. The lowest BCUT2D eigenvalue weighted by molar-refractivity contribution is -0.0249. The molecular weight excluding hydrogens is 210 g/mol. The van der Waals surface area contributed by atoms with Crippen molar-refractivity contribution < 1.29 is 8.78 Å². The van der Waals surface area contributed by atoms with Gasteiger partial charge in [0, 0.05) is 25.2 Å². The Bertz CT molecular complexity index is 431. The number of hydrogen-bond donors (Lipinski definition) is 0. The van der Waals surface area contributed by atoms with Crippen LogP contribution in [0.2, 0.25) is 0 Å². The van der Waals surface area contributed by atoms with Crippen LogP contribution in [0.1, 0.15) is 30.4 Å². The van der Waals surface area contributed by atoms with Gasteiger partial charge >= 0.3 is 0 Å². The van der Waals surface area contributed by atoms with Crippen LogP contribution in [0.3, 0.4) is 0 Å². The van der Waals surface area contributed by atoms with Gasteiger partial charge < -0.3 is 4.90 Å². The molecule has 1 saturated heterocycles. The van der Waals surface area contributed by atoms with Crippen molar-refractivity contribution in [1.29, 1.82) is 0 Å². The number of fused-ring (bicyclic) bond motifs is 3. The second-order valence-corrected chi connectivity index (χ2v) is 4.72. The Labute approximate surface area is 93.3 Å². The third kappa shape index (κ3) is 1.25. The Balaban J connectivity index is 2.20. The molecule has 1 fully saturated rings. The van der Waals surface area contributed by atoms with Crippen molar-refractivity contribution in [3.63, 3.8) is 0 Å². The van der Waals surface area contributed by atoms with Gasteiger partial charge in [0.15, 0.2) is 0 Å². The zero-order valence-corrected chi connectivity index (χ0v) is 9.21. The van der Waals surface area contributed by atoms with Gasteiger partial charge in [-0.05, 0) is 31.4 Å². The number of aromatic nitrogens is 1. The van der Waals surface area contributed by atoms with Gasteiger partial charge in [0.25, 0.3) is 5.92 Å². The molecule has 0 spiro atoms. The normalized spacial score (nSPS) is 26.4. The molecule has 3 heterocycles. The summed E-state index contributed by atoms with van der Waals surface area (Å²) in [6, 6.07) is 1.65. The van der Waals surface area contributed by atoms with E-state index < -0.39 is 5.92 Å². The summed E-state index contributed by atoms with van der Waals surface area (Å²) in [7, 11) is 0. The lowest BCUT2D eigenvalue weighted by Gasteiger charge is -2.37. The summed E-state index contributed by atoms with van der Waals surface area (Å²) < 4.78 is 28.1. The Morgan fingerprint density at radius 3 is 3.12 bits per heavy atom. The molecule has 2 aliphatic rings. The van der Waals surface area contributed by atoms with Crippen LogP contribution in [-0.4, -0.2) is 17.6 Å². The first-order valence-corrected chi connectivity index (χ1v) is 5.70. The van der Waals surface area contributed by atoms with Crippen molar-refractivity contribution >= 4 is 5.82 Å². The zero-order chi connectivity index (χ0) is 11.3. The average molecular weight is 224 g/mol. The summed E-state index contributed by atoms with van der Waals surface area (Å²) in [6.45, 7) is 2.61. The van der Waals surface area contributed by atoms with Crippen molar-refractivity contribution in [2.75, 3.05) is 11.4 Å². The van der Waals surface area contributed by atoms with Crippen LogP contribution >= 0.6 is 0 Å². The number of alkyl halides is 2. The Morgan fingerprint density at radius 1 is 1.50 bits per heavy atom. The summed E-state index contributed by atoms with van der Waals surface area (Å²) in [5.41, 5.74) is 0.800. The standard InChI is InChI=1S/C12H14F2N2/c1-8-4-5-15-11-10(8)12(13,14)7-9-3-2-6-16(9)11/h4-5,9H,2-3,6-7H2,1H3. The molecule has 0 aliphatic carbocycles. The number of rotatable bonds is 0. The van der Waals surface area contributed by atoms with E-state index >= 15 is 0 Å². The first-order chi connectivity index (χ1) is 7.59. The molecule has 0 radical (unpaired) electrons. The van der Waals surface area contributed by atoms with Crippen molar-refractivity contribution in [3.05, 3.63) is 23.4 Å². The fourth-order valence-electron chi connectivity index (χ4n) is 2.94. The first-order valence-electron chi connectivity index (χ1n) is 5.70. The molecule has 4 heteroatoms. The lowest BCUT2D eigenvalue weighted by atomic mass is 9.92. The topological polar surface area (TPSA) is 16.1 Å².